The SMILES string of the molecule is CC(=NOC(=O)C1CCCN1)[C@H]1CC[C@H]2C3CCC4=CC(=O)CC[C@]4(C)C3CC[C@]12C.Cl. The summed E-state index contributed by atoms with van der Waals surface area (Å²) in [6, 6.07) is -0.188. The van der Waals surface area contributed by atoms with Gasteiger partial charge in [-0.1, -0.05) is 24.6 Å². The number of halogens is 1. The summed E-state index contributed by atoms with van der Waals surface area (Å²) < 4.78 is 0. The molecule has 3 saturated carbocycles. The highest BCUT2D eigenvalue weighted by molar-refractivity contribution is 5.91. The average molecular weight is 463 g/mol. The van der Waals surface area contributed by atoms with E-state index in [1.165, 1.54) is 31.3 Å². The summed E-state index contributed by atoms with van der Waals surface area (Å²) in [5, 5.41) is 7.55. The second-order valence-electron chi connectivity index (χ2n) is 11.4. The van der Waals surface area contributed by atoms with E-state index >= 15 is 0 Å². The largest absolute Gasteiger partial charge is 0.351 e. The Kier molecular flexibility index (Phi) is 6.63. The van der Waals surface area contributed by atoms with E-state index in [0.717, 1.165) is 56.7 Å². The van der Waals surface area contributed by atoms with Crippen LogP contribution in [-0.2, 0) is 14.4 Å². The first-order chi connectivity index (χ1) is 14.8. The Labute approximate surface area is 198 Å². The fraction of sp³-hybridized carbons (Fsp3) is 0.808. The molecule has 5 nitrogen and oxygen atoms in total. The Balaban J connectivity index is 0.00000245. The second-order valence-corrected chi connectivity index (χ2v) is 11.4. The lowest BCUT2D eigenvalue weighted by molar-refractivity contribution is -0.145. The van der Waals surface area contributed by atoms with Crippen LogP contribution in [0.5, 0.6) is 0 Å². The third kappa shape index (κ3) is 3.77. The van der Waals surface area contributed by atoms with Crippen molar-refractivity contribution in [3.63, 3.8) is 0 Å². The first-order valence-electron chi connectivity index (χ1n) is 12.6. The summed E-state index contributed by atoms with van der Waals surface area (Å²) in [6.45, 7) is 7.87. The molecule has 3 unspecified atom stereocenters. The van der Waals surface area contributed by atoms with Crippen molar-refractivity contribution in [2.75, 3.05) is 6.54 Å². The minimum Gasteiger partial charge on any atom is -0.317 e. The molecule has 1 N–H and O–H groups in total. The zero-order valence-electron chi connectivity index (χ0n) is 19.8. The molecule has 0 aromatic carbocycles. The lowest BCUT2D eigenvalue weighted by Gasteiger charge is -2.58. The molecule has 0 aromatic rings. The van der Waals surface area contributed by atoms with Gasteiger partial charge in [0.05, 0.1) is 5.71 Å². The predicted molar refractivity (Wildman–Crippen MR) is 128 cm³/mol. The fourth-order valence-electron chi connectivity index (χ4n) is 8.38. The van der Waals surface area contributed by atoms with Crippen LogP contribution < -0.4 is 5.32 Å². The van der Waals surface area contributed by atoms with Crippen LogP contribution in [0.4, 0.5) is 0 Å². The van der Waals surface area contributed by atoms with Crippen LogP contribution in [0.3, 0.4) is 0 Å². The Morgan fingerprint density at radius 3 is 2.66 bits per heavy atom. The fourth-order valence-corrected chi connectivity index (χ4v) is 8.38. The van der Waals surface area contributed by atoms with Gasteiger partial charge in [-0.3, -0.25) is 4.79 Å². The third-order valence-corrected chi connectivity index (χ3v) is 10.1. The summed E-state index contributed by atoms with van der Waals surface area (Å²) in [7, 11) is 0. The van der Waals surface area contributed by atoms with Crippen LogP contribution in [0.1, 0.15) is 85.0 Å². The zero-order valence-corrected chi connectivity index (χ0v) is 20.6. The van der Waals surface area contributed by atoms with Gasteiger partial charge in [0.1, 0.15) is 6.04 Å². The molecule has 5 aliphatic rings. The first kappa shape index (κ1) is 23.9. The Bertz CT molecular complexity index is 833. The van der Waals surface area contributed by atoms with Gasteiger partial charge in [-0.2, -0.15) is 0 Å². The van der Waals surface area contributed by atoms with E-state index in [1.54, 1.807) is 0 Å². The smallest absolute Gasteiger partial charge is 0.317 e. The number of carbonyl (C=O) groups is 2. The van der Waals surface area contributed by atoms with E-state index in [0.29, 0.717) is 23.5 Å². The average Bonchev–Trinajstić information content (AvgIpc) is 3.40. The number of hydrogen-bond acceptors (Lipinski definition) is 5. The highest BCUT2D eigenvalue weighted by Gasteiger charge is 2.59. The van der Waals surface area contributed by atoms with Crippen LogP contribution in [0.15, 0.2) is 16.8 Å². The minimum atomic E-state index is -0.230. The quantitative estimate of drug-likeness (QED) is 0.354. The lowest BCUT2D eigenvalue weighted by Crippen LogP contribution is -2.51. The van der Waals surface area contributed by atoms with Crippen molar-refractivity contribution in [2.24, 2.45) is 39.7 Å². The van der Waals surface area contributed by atoms with Crippen molar-refractivity contribution in [3.05, 3.63) is 11.6 Å². The molecule has 178 valence electrons. The number of oxime groups is 1. The van der Waals surface area contributed by atoms with E-state index in [-0.39, 0.29) is 35.2 Å². The maximum atomic E-state index is 12.3. The van der Waals surface area contributed by atoms with Crippen molar-refractivity contribution in [3.8, 4) is 0 Å². The highest BCUT2D eigenvalue weighted by atomic mass is 35.5. The number of fused-ring (bicyclic) bond motifs is 5. The van der Waals surface area contributed by atoms with E-state index in [1.807, 2.05) is 6.08 Å². The summed E-state index contributed by atoms with van der Waals surface area (Å²) in [5.41, 5.74) is 2.91. The van der Waals surface area contributed by atoms with Gasteiger partial charge in [-0.25, -0.2) is 4.79 Å². The lowest BCUT2D eigenvalue weighted by atomic mass is 9.46. The van der Waals surface area contributed by atoms with Gasteiger partial charge in [-0.15, -0.1) is 12.4 Å². The van der Waals surface area contributed by atoms with Gasteiger partial charge < -0.3 is 10.2 Å². The van der Waals surface area contributed by atoms with Crippen LogP contribution >= 0.6 is 12.4 Å². The molecular formula is C26H39ClN2O3. The Morgan fingerprint density at radius 1 is 1.09 bits per heavy atom. The number of nitrogens with zero attached hydrogens (tertiary/aromatic N) is 1. The van der Waals surface area contributed by atoms with E-state index in [4.69, 9.17) is 4.84 Å². The second kappa shape index (κ2) is 8.87. The normalized spacial score (nSPS) is 43.5. The molecule has 1 saturated heterocycles. The summed E-state index contributed by atoms with van der Waals surface area (Å²) >= 11 is 0. The van der Waals surface area contributed by atoms with Gasteiger partial charge in [0.25, 0.3) is 0 Å². The molecule has 0 spiro atoms. The van der Waals surface area contributed by atoms with Crippen molar-refractivity contribution in [1.82, 2.24) is 5.32 Å². The molecule has 0 amide bonds. The van der Waals surface area contributed by atoms with Gasteiger partial charge >= 0.3 is 5.97 Å². The van der Waals surface area contributed by atoms with E-state index in [9.17, 15) is 9.59 Å². The summed E-state index contributed by atoms with van der Waals surface area (Å²) in [5.74, 6) is 2.68. The molecule has 7 atom stereocenters. The molecule has 4 aliphatic carbocycles. The number of carbonyl (C=O) groups excluding carboxylic acids is 2. The Hall–Kier alpha value is -1.20. The molecule has 0 aromatic heterocycles. The topological polar surface area (TPSA) is 67.8 Å². The molecule has 1 heterocycles. The van der Waals surface area contributed by atoms with E-state index < -0.39 is 0 Å². The van der Waals surface area contributed by atoms with Crippen molar-refractivity contribution < 1.29 is 14.4 Å². The summed E-state index contributed by atoms with van der Waals surface area (Å²) in [4.78, 5) is 29.7. The molecule has 0 radical (unpaired) electrons. The van der Waals surface area contributed by atoms with Crippen LogP contribution in [0.2, 0.25) is 0 Å². The monoisotopic (exact) mass is 462 g/mol. The van der Waals surface area contributed by atoms with Crippen LogP contribution in [0.25, 0.3) is 0 Å². The molecule has 1 aliphatic heterocycles. The number of ketones is 1. The zero-order chi connectivity index (χ0) is 21.8. The molecule has 5 rings (SSSR count). The molecule has 32 heavy (non-hydrogen) atoms. The molecule has 4 fully saturated rings. The molecule has 6 heteroatoms. The van der Waals surface area contributed by atoms with Gasteiger partial charge in [0.2, 0.25) is 0 Å². The maximum absolute atomic E-state index is 12.3. The number of allylic oxidation sites excluding steroid dienone is 1. The summed E-state index contributed by atoms with van der Waals surface area (Å²) in [6.07, 6.45) is 12.8. The van der Waals surface area contributed by atoms with Gasteiger partial charge in [-0.05, 0) is 106 Å². The van der Waals surface area contributed by atoms with Crippen molar-refractivity contribution in [1.29, 1.82) is 0 Å². The van der Waals surface area contributed by atoms with Crippen molar-refractivity contribution in [2.45, 2.75) is 91.0 Å². The highest BCUT2D eigenvalue weighted by Crippen LogP contribution is 2.66. The third-order valence-electron chi connectivity index (χ3n) is 10.1. The number of rotatable bonds is 3. The van der Waals surface area contributed by atoms with E-state index in [2.05, 4.69) is 31.2 Å². The maximum Gasteiger partial charge on any atom is 0.351 e. The minimum absolute atomic E-state index is 0. The standard InChI is InChI=1S/C26H38N2O3.ClH/c1-16(28-31-24(30)23-5-4-14-27-23)20-8-9-21-19-7-6-17-15-18(29)10-12-25(17,2)22(19)11-13-26(20,21)3;/h15,19-23,27H,4-14H2,1-3H3;1H/t19?,20-,21+,22?,23?,25+,26-;/m1./s1. The van der Waals surface area contributed by atoms with Crippen molar-refractivity contribution >= 4 is 29.9 Å². The first-order valence-corrected chi connectivity index (χ1v) is 12.6. The van der Waals surface area contributed by atoms with Crippen LogP contribution in [-0.4, -0.2) is 30.1 Å². The predicted octanol–water partition coefficient (Wildman–Crippen LogP) is 5.23. The number of hydrogen-bond donors (Lipinski definition) is 1. The Morgan fingerprint density at radius 2 is 1.91 bits per heavy atom. The molecular weight excluding hydrogens is 424 g/mol. The van der Waals surface area contributed by atoms with Crippen LogP contribution in [0, 0.1) is 34.5 Å². The number of nitrogens with one attached hydrogen (secondary N) is 1. The molecule has 0 bridgehead atoms. The van der Waals surface area contributed by atoms with Gasteiger partial charge in [0.15, 0.2) is 5.78 Å². The van der Waals surface area contributed by atoms with Gasteiger partial charge in [0, 0.05) is 12.3 Å².